The Hall–Kier alpha value is -2.45. The van der Waals surface area contributed by atoms with Gasteiger partial charge in [0.1, 0.15) is 12.4 Å². The molecule has 2 aromatic carbocycles. The number of unbranched alkanes of at least 4 members (excludes halogenated alkanes) is 3. The molecular weight excluding hydrogens is 653 g/mol. The third kappa shape index (κ3) is 11.3. The normalized spacial score (nSPS) is 20.3. The molecule has 51 heavy (non-hydrogen) atoms. The Morgan fingerprint density at radius 1 is 0.922 bits per heavy atom. The van der Waals surface area contributed by atoms with Gasteiger partial charge in [-0.05, 0) is 118 Å². The lowest BCUT2D eigenvalue weighted by Gasteiger charge is -2.40. The summed E-state index contributed by atoms with van der Waals surface area (Å²) >= 11 is 0. The van der Waals surface area contributed by atoms with Crippen molar-refractivity contribution in [2.45, 2.75) is 135 Å². The lowest BCUT2D eigenvalue weighted by atomic mass is 9.68. The summed E-state index contributed by atoms with van der Waals surface area (Å²) in [6.45, 7) is 15.7. The van der Waals surface area contributed by atoms with Gasteiger partial charge in [-0.25, -0.2) is 8.42 Å². The Kier molecular flexibility index (Phi) is 16.3. The van der Waals surface area contributed by atoms with Crippen molar-refractivity contribution in [1.29, 1.82) is 0 Å². The molecule has 3 atom stereocenters. The Labute approximate surface area is 311 Å². The molecule has 3 unspecified atom stereocenters. The van der Waals surface area contributed by atoms with Crippen molar-refractivity contribution >= 4 is 9.84 Å². The van der Waals surface area contributed by atoms with Gasteiger partial charge in [0, 0.05) is 24.4 Å². The third-order valence-corrected chi connectivity index (χ3v) is 13.6. The fraction of sp³-hybridized carbons (Fsp3) is 0.636. The van der Waals surface area contributed by atoms with E-state index in [4.69, 9.17) is 4.74 Å². The summed E-state index contributed by atoms with van der Waals surface area (Å²) in [6.07, 6.45) is 15.6. The molecule has 0 spiro atoms. The highest BCUT2D eigenvalue weighted by Crippen LogP contribution is 2.50. The number of likely N-dealkylation sites (N-methyl/N-ethyl adjacent to an activating group) is 2. The number of nitrogens with zero attached hydrogens (tertiary/aromatic N) is 1. The van der Waals surface area contributed by atoms with E-state index in [0.717, 1.165) is 93.6 Å². The third-order valence-electron chi connectivity index (χ3n) is 11.6. The SMILES string of the molecule is CCCCC1(CCCC)CS(=O)(=O)c2ccc(C(C)CC)cc2C(c2ccc(OCC3=CC=C(CCCCN(C)CCNCC)CC3)cc2)C1O. The summed E-state index contributed by atoms with van der Waals surface area (Å²) < 4.78 is 34.7. The summed E-state index contributed by atoms with van der Waals surface area (Å²) in [5.41, 5.74) is 4.95. The number of hydrogen-bond acceptors (Lipinski definition) is 6. The van der Waals surface area contributed by atoms with Crippen LogP contribution in [0.5, 0.6) is 5.75 Å². The second-order valence-corrected chi connectivity index (χ2v) is 17.4. The van der Waals surface area contributed by atoms with Crippen molar-refractivity contribution in [2.75, 3.05) is 45.6 Å². The highest BCUT2D eigenvalue weighted by atomic mass is 32.2. The van der Waals surface area contributed by atoms with Crippen LogP contribution in [-0.2, 0) is 9.84 Å². The first-order valence-electron chi connectivity index (χ1n) is 20.1. The molecule has 4 rings (SSSR count). The molecule has 0 saturated carbocycles. The van der Waals surface area contributed by atoms with Gasteiger partial charge < -0.3 is 20.1 Å². The van der Waals surface area contributed by atoms with E-state index in [1.54, 1.807) is 0 Å². The number of nitrogens with one attached hydrogen (secondary N) is 1. The van der Waals surface area contributed by atoms with Crippen LogP contribution in [0.25, 0.3) is 0 Å². The van der Waals surface area contributed by atoms with Crippen LogP contribution in [0.3, 0.4) is 0 Å². The summed E-state index contributed by atoms with van der Waals surface area (Å²) in [5.74, 6) is 0.644. The van der Waals surface area contributed by atoms with Crippen LogP contribution in [-0.4, -0.2) is 70.1 Å². The minimum Gasteiger partial charge on any atom is -0.489 e. The van der Waals surface area contributed by atoms with Gasteiger partial charge in [-0.1, -0.05) is 102 Å². The van der Waals surface area contributed by atoms with Gasteiger partial charge in [-0.2, -0.15) is 0 Å². The molecule has 1 aliphatic heterocycles. The van der Waals surface area contributed by atoms with Crippen molar-refractivity contribution in [3.63, 3.8) is 0 Å². The average Bonchev–Trinajstić information content (AvgIpc) is 3.21. The largest absolute Gasteiger partial charge is 0.489 e. The molecule has 6 nitrogen and oxygen atoms in total. The Balaban J connectivity index is 1.50. The number of aliphatic hydroxyl groups excluding tert-OH is 1. The number of ether oxygens (including phenoxy) is 1. The van der Waals surface area contributed by atoms with E-state index in [2.05, 4.69) is 82.2 Å². The van der Waals surface area contributed by atoms with Crippen LogP contribution in [0.1, 0.15) is 140 Å². The van der Waals surface area contributed by atoms with Gasteiger partial charge in [0.15, 0.2) is 9.84 Å². The molecule has 284 valence electrons. The summed E-state index contributed by atoms with van der Waals surface area (Å²) in [4.78, 5) is 2.80. The van der Waals surface area contributed by atoms with Gasteiger partial charge in [-0.15, -0.1) is 0 Å². The maximum Gasteiger partial charge on any atom is 0.179 e. The number of allylic oxidation sites excluding steroid dienone is 3. The van der Waals surface area contributed by atoms with Crippen LogP contribution in [0.15, 0.2) is 70.7 Å². The predicted octanol–water partition coefficient (Wildman–Crippen LogP) is 9.58. The van der Waals surface area contributed by atoms with E-state index in [1.807, 2.05) is 24.3 Å². The van der Waals surface area contributed by atoms with E-state index in [1.165, 1.54) is 30.4 Å². The van der Waals surface area contributed by atoms with Crippen molar-refractivity contribution in [2.24, 2.45) is 5.41 Å². The first-order valence-corrected chi connectivity index (χ1v) is 21.8. The molecule has 0 saturated heterocycles. The van der Waals surface area contributed by atoms with E-state index >= 15 is 0 Å². The quantitative estimate of drug-likeness (QED) is 0.125. The maximum absolute atomic E-state index is 14.2. The molecule has 2 aliphatic rings. The minimum absolute atomic E-state index is 0.00576. The molecule has 0 amide bonds. The van der Waals surface area contributed by atoms with Gasteiger partial charge in [0.25, 0.3) is 0 Å². The Morgan fingerprint density at radius 2 is 1.61 bits per heavy atom. The molecule has 2 N–H and O–H groups in total. The lowest BCUT2D eigenvalue weighted by Crippen LogP contribution is -2.43. The average molecular weight is 721 g/mol. The molecular formula is C44H68N2O4S. The molecule has 0 aromatic heterocycles. The van der Waals surface area contributed by atoms with Crippen LogP contribution < -0.4 is 10.1 Å². The molecule has 1 aliphatic carbocycles. The molecule has 7 heteroatoms. The van der Waals surface area contributed by atoms with Crippen LogP contribution in [0.4, 0.5) is 0 Å². The predicted molar refractivity (Wildman–Crippen MR) is 214 cm³/mol. The second-order valence-electron chi connectivity index (χ2n) is 15.5. The zero-order valence-corrected chi connectivity index (χ0v) is 33.5. The van der Waals surface area contributed by atoms with Gasteiger partial charge in [0.2, 0.25) is 0 Å². The van der Waals surface area contributed by atoms with Crippen molar-refractivity contribution in [1.82, 2.24) is 10.2 Å². The Bertz CT molecular complexity index is 1520. The topological polar surface area (TPSA) is 78.9 Å². The Morgan fingerprint density at radius 3 is 2.24 bits per heavy atom. The zero-order valence-electron chi connectivity index (χ0n) is 32.7. The fourth-order valence-electron chi connectivity index (χ4n) is 7.98. The lowest BCUT2D eigenvalue weighted by molar-refractivity contribution is 0.0127. The molecule has 0 radical (unpaired) electrons. The summed E-state index contributed by atoms with van der Waals surface area (Å²) in [7, 11) is -1.41. The van der Waals surface area contributed by atoms with E-state index in [9.17, 15) is 13.5 Å². The number of aliphatic hydroxyl groups is 1. The molecule has 0 fully saturated rings. The first-order chi connectivity index (χ1) is 24.6. The van der Waals surface area contributed by atoms with Crippen molar-refractivity contribution in [3.8, 4) is 5.75 Å². The van der Waals surface area contributed by atoms with Crippen LogP contribution in [0, 0.1) is 5.41 Å². The number of fused-ring (bicyclic) bond motifs is 1. The highest BCUT2D eigenvalue weighted by Gasteiger charge is 2.49. The fourth-order valence-corrected chi connectivity index (χ4v) is 10.2. The van der Waals surface area contributed by atoms with Gasteiger partial charge in [-0.3, -0.25) is 0 Å². The monoisotopic (exact) mass is 720 g/mol. The van der Waals surface area contributed by atoms with Crippen molar-refractivity contribution < 1.29 is 18.3 Å². The summed E-state index contributed by atoms with van der Waals surface area (Å²) in [5, 5.41) is 15.9. The number of sulfone groups is 1. The molecule has 2 aromatic rings. The first kappa shape index (κ1) is 41.3. The molecule has 0 bridgehead atoms. The smallest absolute Gasteiger partial charge is 0.179 e. The molecule has 1 heterocycles. The van der Waals surface area contributed by atoms with Crippen LogP contribution >= 0.6 is 0 Å². The van der Waals surface area contributed by atoms with Crippen LogP contribution in [0.2, 0.25) is 0 Å². The van der Waals surface area contributed by atoms with Gasteiger partial charge in [0.05, 0.1) is 16.8 Å². The zero-order chi connectivity index (χ0) is 36.9. The minimum atomic E-state index is -3.62. The van der Waals surface area contributed by atoms with Crippen molar-refractivity contribution in [3.05, 3.63) is 82.5 Å². The standard InChI is InChI=1S/C44H68N2O4S/c1-7-11-26-44(27-12-8-2)33-51(48,49)41-25-22-38(34(5)9-3)31-40(41)42(43(44)47)37-20-23-39(24-21-37)50-32-36-18-16-35(17-19-36)15-13-14-29-46(6)30-28-45-10-4/h16,18,20-25,31,34,42-43,45,47H,7-15,17,19,26-30,32-33H2,1-6H3. The van der Waals surface area contributed by atoms with E-state index in [0.29, 0.717) is 30.3 Å². The number of benzene rings is 2. The number of rotatable bonds is 21. The summed E-state index contributed by atoms with van der Waals surface area (Å²) in [6, 6.07) is 14.0. The maximum atomic E-state index is 14.2. The van der Waals surface area contributed by atoms with E-state index in [-0.39, 0.29) is 5.75 Å². The second kappa shape index (κ2) is 20.1. The number of hydrogen-bond donors (Lipinski definition) is 2. The van der Waals surface area contributed by atoms with E-state index < -0.39 is 27.3 Å². The highest BCUT2D eigenvalue weighted by molar-refractivity contribution is 7.91. The van der Waals surface area contributed by atoms with Gasteiger partial charge >= 0.3 is 0 Å².